The third kappa shape index (κ3) is 3.06. The Morgan fingerprint density at radius 2 is 2.00 bits per heavy atom. The Bertz CT molecular complexity index is 481. The molecule has 2 aliphatic rings. The van der Waals surface area contributed by atoms with E-state index in [1.807, 2.05) is 12.1 Å². The number of hydrogen-bond donors (Lipinski definition) is 3. The molecule has 2 amide bonds. The molecule has 1 aliphatic heterocycles. The smallest absolute Gasteiger partial charge is 0.319 e. The Balaban J connectivity index is 1.63. The summed E-state index contributed by atoms with van der Waals surface area (Å²) >= 11 is 0. The lowest BCUT2D eigenvalue weighted by molar-refractivity contribution is 0.244. The second kappa shape index (κ2) is 6.16. The highest BCUT2D eigenvalue weighted by Crippen LogP contribution is 2.30. The highest BCUT2D eigenvalue weighted by atomic mass is 16.2. The van der Waals surface area contributed by atoms with E-state index in [0.717, 1.165) is 43.6 Å². The van der Waals surface area contributed by atoms with Crippen LogP contribution in [-0.4, -0.2) is 18.6 Å². The van der Waals surface area contributed by atoms with Crippen molar-refractivity contribution in [2.45, 2.75) is 51.0 Å². The molecule has 0 aromatic heterocycles. The molecule has 0 unspecified atom stereocenters. The first-order valence-electron chi connectivity index (χ1n) is 7.76. The van der Waals surface area contributed by atoms with Gasteiger partial charge in [0.05, 0.1) is 11.4 Å². The van der Waals surface area contributed by atoms with E-state index in [9.17, 15) is 4.79 Å². The summed E-state index contributed by atoms with van der Waals surface area (Å²) in [7, 11) is 0. The lowest BCUT2D eigenvalue weighted by atomic mass is 9.96. The molecule has 0 spiro atoms. The topological polar surface area (TPSA) is 53.2 Å². The standard InChI is InChI=1S/C16H23N3O/c20-16(18-13-8-2-1-3-9-13)19-14-10-4-6-12-7-5-11-17-15(12)14/h4,6,10,13,17H,1-3,5,7-9,11H2,(H2,18,19,20). The molecule has 4 nitrogen and oxygen atoms in total. The largest absolute Gasteiger partial charge is 0.383 e. The van der Waals surface area contributed by atoms with Crippen molar-refractivity contribution in [3.05, 3.63) is 23.8 Å². The number of carbonyl (C=O) groups excluding carboxylic acids is 1. The lowest BCUT2D eigenvalue weighted by Crippen LogP contribution is -2.39. The average molecular weight is 273 g/mol. The third-order valence-corrected chi connectivity index (χ3v) is 4.26. The second-order valence-corrected chi connectivity index (χ2v) is 5.80. The zero-order chi connectivity index (χ0) is 13.8. The van der Waals surface area contributed by atoms with Gasteiger partial charge in [-0.15, -0.1) is 0 Å². The van der Waals surface area contributed by atoms with Gasteiger partial charge in [0, 0.05) is 12.6 Å². The van der Waals surface area contributed by atoms with Crippen molar-refractivity contribution in [3.63, 3.8) is 0 Å². The van der Waals surface area contributed by atoms with Gasteiger partial charge in [-0.2, -0.15) is 0 Å². The van der Waals surface area contributed by atoms with Crippen LogP contribution in [0.2, 0.25) is 0 Å². The lowest BCUT2D eigenvalue weighted by Gasteiger charge is -2.24. The number of anilines is 2. The Morgan fingerprint density at radius 1 is 1.15 bits per heavy atom. The summed E-state index contributed by atoms with van der Waals surface area (Å²) in [4.78, 5) is 12.1. The maximum atomic E-state index is 12.1. The Hall–Kier alpha value is -1.71. The summed E-state index contributed by atoms with van der Waals surface area (Å²) in [5.74, 6) is 0. The van der Waals surface area contributed by atoms with E-state index in [1.54, 1.807) is 0 Å². The summed E-state index contributed by atoms with van der Waals surface area (Å²) in [5.41, 5.74) is 3.29. The van der Waals surface area contributed by atoms with Crippen LogP contribution in [0.4, 0.5) is 16.2 Å². The van der Waals surface area contributed by atoms with Crippen molar-refractivity contribution in [2.75, 3.05) is 17.2 Å². The minimum atomic E-state index is -0.0716. The van der Waals surface area contributed by atoms with Gasteiger partial charge in [0.2, 0.25) is 0 Å². The predicted molar refractivity (Wildman–Crippen MR) is 82.3 cm³/mol. The van der Waals surface area contributed by atoms with Crippen LogP contribution in [0.3, 0.4) is 0 Å². The van der Waals surface area contributed by atoms with E-state index >= 15 is 0 Å². The fourth-order valence-corrected chi connectivity index (χ4v) is 3.20. The van der Waals surface area contributed by atoms with Crippen LogP contribution in [-0.2, 0) is 6.42 Å². The van der Waals surface area contributed by atoms with Gasteiger partial charge in [-0.1, -0.05) is 31.4 Å². The van der Waals surface area contributed by atoms with Gasteiger partial charge in [-0.3, -0.25) is 0 Å². The number of urea groups is 1. The number of benzene rings is 1. The zero-order valence-electron chi connectivity index (χ0n) is 11.9. The van der Waals surface area contributed by atoms with Gasteiger partial charge in [-0.05, 0) is 37.3 Å². The van der Waals surface area contributed by atoms with Crippen LogP contribution in [0.1, 0.15) is 44.1 Å². The number of rotatable bonds is 2. The van der Waals surface area contributed by atoms with Crippen LogP contribution in [0.15, 0.2) is 18.2 Å². The van der Waals surface area contributed by atoms with Gasteiger partial charge in [0.25, 0.3) is 0 Å². The molecule has 20 heavy (non-hydrogen) atoms. The van der Waals surface area contributed by atoms with E-state index in [2.05, 4.69) is 22.0 Å². The molecule has 3 N–H and O–H groups in total. The van der Waals surface area contributed by atoms with Crippen LogP contribution in [0.5, 0.6) is 0 Å². The van der Waals surface area contributed by atoms with Gasteiger partial charge < -0.3 is 16.0 Å². The number of para-hydroxylation sites is 1. The minimum Gasteiger partial charge on any atom is -0.383 e. The molecular formula is C16H23N3O. The molecular weight excluding hydrogens is 250 g/mol. The first kappa shape index (κ1) is 13.3. The maximum absolute atomic E-state index is 12.1. The monoisotopic (exact) mass is 273 g/mol. The summed E-state index contributed by atoms with van der Waals surface area (Å²) in [6.07, 6.45) is 8.22. The van der Waals surface area contributed by atoms with Crippen molar-refractivity contribution in [3.8, 4) is 0 Å². The fraction of sp³-hybridized carbons (Fsp3) is 0.562. The normalized spacial score (nSPS) is 18.8. The Labute approximate surface area is 120 Å². The van der Waals surface area contributed by atoms with Crippen LogP contribution >= 0.6 is 0 Å². The number of fused-ring (bicyclic) bond motifs is 1. The zero-order valence-corrected chi connectivity index (χ0v) is 11.9. The van der Waals surface area contributed by atoms with Gasteiger partial charge in [0.1, 0.15) is 0 Å². The predicted octanol–water partition coefficient (Wildman–Crippen LogP) is 3.50. The van der Waals surface area contributed by atoms with Gasteiger partial charge >= 0.3 is 6.03 Å². The SMILES string of the molecule is O=C(Nc1cccc2c1NCCC2)NC1CCCCC1. The molecule has 0 saturated heterocycles. The highest BCUT2D eigenvalue weighted by Gasteiger charge is 2.17. The second-order valence-electron chi connectivity index (χ2n) is 5.80. The average Bonchev–Trinajstić information content (AvgIpc) is 2.48. The maximum Gasteiger partial charge on any atom is 0.319 e. The van der Waals surface area contributed by atoms with Gasteiger partial charge in [0.15, 0.2) is 0 Å². The molecule has 0 radical (unpaired) electrons. The fourth-order valence-electron chi connectivity index (χ4n) is 3.20. The number of nitrogens with one attached hydrogen (secondary N) is 3. The van der Waals surface area contributed by atoms with Crippen LogP contribution < -0.4 is 16.0 Å². The van der Waals surface area contributed by atoms with E-state index in [0.29, 0.717) is 6.04 Å². The molecule has 1 saturated carbocycles. The van der Waals surface area contributed by atoms with Crippen LogP contribution in [0.25, 0.3) is 0 Å². The minimum absolute atomic E-state index is 0.0716. The van der Waals surface area contributed by atoms with E-state index in [4.69, 9.17) is 0 Å². The number of hydrogen-bond acceptors (Lipinski definition) is 2. The molecule has 3 rings (SSSR count). The molecule has 1 aliphatic carbocycles. The number of carbonyl (C=O) groups is 1. The summed E-state index contributed by atoms with van der Waals surface area (Å²) in [6, 6.07) is 6.39. The Kier molecular flexibility index (Phi) is 4.09. The van der Waals surface area contributed by atoms with Gasteiger partial charge in [-0.25, -0.2) is 4.79 Å². The summed E-state index contributed by atoms with van der Waals surface area (Å²) < 4.78 is 0. The van der Waals surface area contributed by atoms with E-state index in [-0.39, 0.29) is 6.03 Å². The Morgan fingerprint density at radius 3 is 2.85 bits per heavy atom. The van der Waals surface area contributed by atoms with Crippen molar-refractivity contribution in [2.24, 2.45) is 0 Å². The molecule has 0 bridgehead atoms. The van der Waals surface area contributed by atoms with Crippen molar-refractivity contribution in [1.29, 1.82) is 0 Å². The van der Waals surface area contributed by atoms with E-state index in [1.165, 1.54) is 24.8 Å². The first-order chi connectivity index (χ1) is 9.83. The van der Waals surface area contributed by atoms with E-state index < -0.39 is 0 Å². The van der Waals surface area contributed by atoms with Crippen molar-refractivity contribution < 1.29 is 4.79 Å². The molecule has 1 fully saturated rings. The molecule has 1 aromatic rings. The molecule has 108 valence electrons. The van der Waals surface area contributed by atoms with Crippen molar-refractivity contribution in [1.82, 2.24) is 5.32 Å². The first-order valence-corrected chi connectivity index (χ1v) is 7.76. The molecule has 0 atom stereocenters. The number of amides is 2. The third-order valence-electron chi connectivity index (χ3n) is 4.26. The van der Waals surface area contributed by atoms with Crippen LogP contribution in [0, 0.1) is 0 Å². The molecule has 4 heteroatoms. The quantitative estimate of drug-likeness (QED) is 0.772. The summed E-state index contributed by atoms with van der Waals surface area (Å²) in [5, 5.41) is 9.50. The molecule has 1 aromatic carbocycles. The molecule has 1 heterocycles. The van der Waals surface area contributed by atoms with Crippen molar-refractivity contribution >= 4 is 17.4 Å². The number of aryl methyl sites for hydroxylation is 1. The highest BCUT2D eigenvalue weighted by molar-refractivity contribution is 5.94. The summed E-state index contributed by atoms with van der Waals surface area (Å²) in [6.45, 7) is 0.982.